The van der Waals surface area contributed by atoms with Gasteiger partial charge in [0.05, 0.1) is 6.33 Å². The van der Waals surface area contributed by atoms with E-state index < -0.39 is 0 Å². The summed E-state index contributed by atoms with van der Waals surface area (Å²) in [5.41, 5.74) is 2.53. The van der Waals surface area contributed by atoms with Crippen LogP contribution in [0.4, 0.5) is 0 Å². The molecule has 2 atom stereocenters. The molecule has 142 valence electrons. The van der Waals surface area contributed by atoms with Gasteiger partial charge in [-0.3, -0.25) is 4.99 Å². The van der Waals surface area contributed by atoms with Crippen molar-refractivity contribution in [2.24, 2.45) is 4.99 Å². The highest BCUT2D eigenvalue weighted by molar-refractivity contribution is 14.0. The summed E-state index contributed by atoms with van der Waals surface area (Å²) in [6.07, 6.45) is 11.6. The van der Waals surface area contributed by atoms with Gasteiger partial charge in [-0.25, -0.2) is 4.98 Å². The van der Waals surface area contributed by atoms with E-state index in [0.29, 0.717) is 6.04 Å². The molecule has 1 aromatic heterocycles. The lowest BCUT2D eigenvalue weighted by Gasteiger charge is -2.17. The first-order valence-electron chi connectivity index (χ1n) is 8.80. The molecule has 2 N–H and O–H groups in total. The summed E-state index contributed by atoms with van der Waals surface area (Å²) in [6.45, 7) is 1.64. The number of benzene rings is 1. The normalized spacial score (nSPS) is 19.8. The van der Waals surface area contributed by atoms with Crippen LogP contribution in [-0.4, -0.2) is 40.1 Å². The van der Waals surface area contributed by atoms with E-state index in [4.69, 9.17) is 0 Å². The molecule has 1 fully saturated rings. The molecule has 2 unspecified atom stereocenters. The van der Waals surface area contributed by atoms with Crippen LogP contribution >= 0.6 is 35.7 Å². The maximum absolute atomic E-state index is 4.36. The van der Waals surface area contributed by atoms with Crippen molar-refractivity contribution in [2.75, 3.05) is 13.3 Å². The lowest BCUT2D eigenvalue weighted by Crippen LogP contribution is -2.42. The van der Waals surface area contributed by atoms with E-state index in [2.05, 4.69) is 55.7 Å². The molecular weight excluding hydrogens is 457 g/mol. The first kappa shape index (κ1) is 21.1. The van der Waals surface area contributed by atoms with Crippen LogP contribution in [0.5, 0.6) is 0 Å². The fourth-order valence-corrected chi connectivity index (χ4v) is 4.01. The first-order valence-corrected chi connectivity index (χ1v) is 10.1. The second kappa shape index (κ2) is 10.8. The van der Waals surface area contributed by atoms with Crippen molar-refractivity contribution < 1.29 is 0 Å². The summed E-state index contributed by atoms with van der Waals surface area (Å²) in [4.78, 5) is 8.44. The molecule has 0 amide bonds. The lowest BCUT2D eigenvalue weighted by molar-refractivity contribution is 0.614. The molecule has 1 aromatic carbocycles. The zero-order chi connectivity index (χ0) is 17.5. The summed E-state index contributed by atoms with van der Waals surface area (Å²) in [5, 5.41) is 7.77. The predicted octanol–water partition coefficient (Wildman–Crippen LogP) is 3.50. The number of nitrogens with one attached hydrogen (secondary N) is 2. The average molecular weight is 485 g/mol. The smallest absolute Gasteiger partial charge is 0.191 e. The Hall–Kier alpha value is -1.22. The minimum absolute atomic E-state index is 0. The highest BCUT2D eigenvalue weighted by Crippen LogP contribution is 2.27. The number of hydrogen-bond acceptors (Lipinski definition) is 3. The monoisotopic (exact) mass is 485 g/mol. The molecule has 1 heterocycles. The van der Waals surface area contributed by atoms with Gasteiger partial charge in [0.25, 0.3) is 0 Å². The zero-order valence-electron chi connectivity index (χ0n) is 15.4. The van der Waals surface area contributed by atoms with Crippen LogP contribution in [0.1, 0.15) is 30.4 Å². The fraction of sp³-hybridized carbons (Fsp3) is 0.474. The molecule has 0 aliphatic heterocycles. The summed E-state index contributed by atoms with van der Waals surface area (Å²) in [6, 6.07) is 9.24. The Balaban J connectivity index is 0.00000243. The summed E-state index contributed by atoms with van der Waals surface area (Å²) in [7, 11) is 1.84. The predicted molar refractivity (Wildman–Crippen MR) is 121 cm³/mol. The summed E-state index contributed by atoms with van der Waals surface area (Å²) < 4.78 is 2.07. The van der Waals surface area contributed by atoms with Gasteiger partial charge in [-0.15, -0.1) is 24.0 Å². The van der Waals surface area contributed by atoms with Crippen molar-refractivity contribution >= 4 is 41.7 Å². The van der Waals surface area contributed by atoms with E-state index in [9.17, 15) is 0 Å². The third-order valence-electron chi connectivity index (χ3n) is 4.69. The molecule has 26 heavy (non-hydrogen) atoms. The Labute approximate surface area is 177 Å². The Morgan fingerprint density at radius 1 is 1.27 bits per heavy atom. The van der Waals surface area contributed by atoms with Crippen molar-refractivity contribution in [3.8, 4) is 0 Å². The summed E-state index contributed by atoms with van der Waals surface area (Å²) in [5.74, 6) is 0.897. The third kappa shape index (κ3) is 6.19. The fourth-order valence-electron chi connectivity index (χ4n) is 3.21. The Morgan fingerprint density at radius 3 is 2.65 bits per heavy atom. The number of guanidine groups is 1. The van der Waals surface area contributed by atoms with Crippen molar-refractivity contribution in [1.82, 2.24) is 20.2 Å². The molecule has 1 aliphatic carbocycles. The Kier molecular flexibility index (Phi) is 8.77. The molecule has 0 saturated heterocycles. The van der Waals surface area contributed by atoms with Gasteiger partial charge in [0.15, 0.2) is 5.96 Å². The van der Waals surface area contributed by atoms with Crippen LogP contribution in [-0.2, 0) is 13.1 Å². The SMILES string of the molecule is CN=C(NCc1ccc(Cn2ccnc2)cc1)NC1CCC(SC)C1.I. The van der Waals surface area contributed by atoms with Gasteiger partial charge in [0, 0.05) is 43.8 Å². The average Bonchev–Trinajstić information content (AvgIpc) is 3.31. The van der Waals surface area contributed by atoms with E-state index in [1.807, 2.05) is 37.5 Å². The number of thioether (sulfide) groups is 1. The Bertz CT molecular complexity index is 672. The molecule has 1 saturated carbocycles. The molecule has 1 aliphatic rings. The van der Waals surface area contributed by atoms with Crippen molar-refractivity contribution in [2.45, 2.75) is 43.6 Å². The van der Waals surface area contributed by atoms with Gasteiger partial charge in [-0.2, -0.15) is 11.8 Å². The van der Waals surface area contributed by atoms with Crippen LogP contribution < -0.4 is 10.6 Å². The third-order valence-corrected chi connectivity index (χ3v) is 5.78. The van der Waals surface area contributed by atoms with Crippen LogP contribution in [0.3, 0.4) is 0 Å². The number of nitrogens with zero attached hydrogens (tertiary/aromatic N) is 3. The largest absolute Gasteiger partial charge is 0.354 e. The molecule has 2 aromatic rings. The highest BCUT2D eigenvalue weighted by atomic mass is 127. The Morgan fingerprint density at radius 2 is 2.04 bits per heavy atom. The van der Waals surface area contributed by atoms with E-state index in [-0.39, 0.29) is 24.0 Å². The number of aromatic nitrogens is 2. The van der Waals surface area contributed by atoms with Gasteiger partial charge in [-0.05, 0) is 36.6 Å². The second-order valence-corrected chi connectivity index (χ2v) is 7.63. The number of rotatable bonds is 6. The number of hydrogen-bond donors (Lipinski definition) is 2. The topological polar surface area (TPSA) is 54.2 Å². The minimum atomic E-state index is 0. The van der Waals surface area contributed by atoms with Crippen molar-refractivity contribution in [1.29, 1.82) is 0 Å². The van der Waals surface area contributed by atoms with E-state index >= 15 is 0 Å². The summed E-state index contributed by atoms with van der Waals surface area (Å²) >= 11 is 1.98. The number of halogens is 1. The zero-order valence-corrected chi connectivity index (χ0v) is 18.5. The van der Waals surface area contributed by atoms with E-state index in [1.165, 1.54) is 30.4 Å². The number of aliphatic imine (C=N–C) groups is 1. The van der Waals surface area contributed by atoms with Gasteiger partial charge >= 0.3 is 0 Å². The highest BCUT2D eigenvalue weighted by Gasteiger charge is 2.24. The van der Waals surface area contributed by atoms with Crippen LogP contribution in [0.2, 0.25) is 0 Å². The first-order chi connectivity index (χ1) is 12.3. The van der Waals surface area contributed by atoms with E-state index in [1.54, 1.807) is 0 Å². The van der Waals surface area contributed by atoms with Crippen molar-refractivity contribution in [3.63, 3.8) is 0 Å². The molecular formula is C19H28IN5S. The van der Waals surface area contributed by atoms with Crippen LogP contribution in [0.25, 0.3) is 0 Å². The molecule has 5 nitrogen and oxygen atoms in total. The molecule has 0 spiro atoms. The molecule has 0 radical (unpaired) electrons. The quantitative estimate of drug-likeness (QED) is 0.374. The van der Waals surface area contributed by atoms with Gasteiger partial charge in [0.1, 0.15) is 0 Å². The number of imidazole rings is 1. The van der Waals surface area contributed by atoms with E-state index in [0.717, 1.165) is 24.3 Å². The lowest BCUT2D eigenvalue weighted by atomic mass is 10.1. The molecule has 3 rings (SSSR count). The van der Waals surface area contributed by atoms with Gasteiger partial charge < -0.3 is 15.2 Å². The van der Waals surface area contributed by atoms with Crippen LogP contribution in [0, 0.1) is 0 Å². The maximum atomic E-state index is 4.36. The van der Waals surface area contributed by atoms with Gasteiger partial charge in [0.2, 0.25) is 0 Å². The standard InChI is InChI=1S/C19H27N5S.HI/c1-20-19(23-17-7-8-18(11-17)25-2)22-12-15-3-5-16(6-4-15)13-24-10-9-21-14-24;/h3-6,9-10,14,17-18H,7-8,11-13H2,1-2H3,(H2,20,22,23);1H. The molecule has 7 heteroatoms. The van der Waals surface area contributed by atoms with Crippen LogP contribution in [0.15, 0.2) is 48.0 Å². The second-order valence-electron chi connectivity index (χ2n) is 6.49. The maximum Gasteiger partial charge on any atom is 0.191 e. The van der Waals surface area contributed by atoms with Crippen molar-refractivity contribution in [3.05, 3.63) is 54.1 Å². The minimum Gasteiger partial charge on any atom is -0.354 e. The van der Waals surface area contributed by atoms with Gasteiger partial charge in [-0.1, -0.05) is 24.3 Å². The molecule has 0 bridgehead atoms.